The van der Waals surface area contributed by atoms with Crippen molar-refractivity contribution in [2.75, 3.05) is 13.7 Å². The Balaban J connectivity index is 2.00. The van der Waals surface area contributed by atoms with E-state index < -0.39 is 0 Å². The molecule has 0 amide bonds. The molecule has 0 bridgehead atoms. The third kappa shape index (κ3) is 3.39. The van der Waals surface area contributed by atoms with Gasteiger partial charge in [0, 0.05) is 12.6 Å². The lowest BCUT2D eigenvalue weighted by Gasteiger charge is -2.20. The van der Waals surface area contributed by atoms with Gasteiger partial charge in [-0.1, -0.05) is 35.3 Å². The summed E-state index contributed by atoms with van der Waals surface area (Å²) < 4.78 is 5.65. The van der Waals surface area contributed by atoms with Crippen LogP contribution in [0.2, 0.25) is 10.0 Å². The summed E-state index contributed by atoms with van der Waals surface area (Å²) in [6.45, 7) is 0.910. The Morgan fingerprint density at radius 1 is 1.44 bits per heavy atom. The molecule has 0 aromatic heterocycles. The molecule has 2 atom stereocenters. The predicted molar refractivity (Wildman–Crippen MR) is 76.5 cm³/mol. The molecule has 1 fully saturated rings. The van der Waals surface area contributed by atoms with Gasteiger partial charge in [0.2, 0.25) is 0 Å². The highest BCUT2D eigenvalue weighted by atomic mass is 35.5. The van der Waals surface area contributed by atoms with Crippen LogP contribution < -0.4 is 5.32 Å². The Morgan fingerprint density at radius 3 is 2.94 bits per heavy atom. The Labute approximate surface area is 119 Å². The van der Waals surface area contributed by atoms with Gasteiger partial charge in [-0.15, -0.1) is 0 Å². The molecule has 1 saturated heterocycles. The van der Waals surface area contributed by atoms with Crippen LogP contribution in [0.4, 0.5) is 0 Å². The number of rotatable bonds is 5. The van der Waals surface area contributed by atoms with Crippen molar-refractivity contribution < 1.29 is 4.74 Å². The second kappa shape index (κ2) is 6.76. The van der Waals surface area contributed by atoms with Crippen molar-refractivity contribution in [1.29, 1.82) is 0 Å². The van der Waals surface area contributed by atoms with E-state index in [4.69, 9.17) is 27.9 Å². The summed E-state index contributed by atoms with van der Waals surface area (Å²) in [5.41, 5.74) is 1.07. The minimum Gasteiger partial charge on any atom is -0.378 e. The fraction of sp³-hybridized carbons (Fsp3) is 0.571. The summed E-state index contributed by atoms with van der Waals surface area (Å²) in [5, 5.41) is 4.59. The van der Waals surface area contributed by atoms with E-state index in [0.717, 1.165) is 25.0 Å². The van der Waals surface area contributed by atoms with E-state index >= 15 is 0 Å². The first-order valence-electron chi connectivity index (χ1n) is 6.45. The van der Waals surface area contributed by atoms with Crippen molar-refractivity contribution in [1.82, 2.24) is 5.32 Å². The van der Waals surface area contributed by atoms with E-state index in [-0.39, 0.29) is 6.04 Å². The van der Waals surface area contributed by atoms with Crippen molar-refractivity contribution in [3.05, 3.63) is 33.8 Å². The van der Waals surface area contributed by atoms with Crippen LogP contribution >= 0.6 is 23.2 Å². The zero-order valence-corrected chi connectivity index (χ0v) is 12.1. The van der Waals surface area contributed by atoms with Crippen LogP contribution in [0.15, 0.2) is 18.2 Å². The molecule has 1 aromatic rings. The topological polar surface area (TPSA) is 21.3 Å². The van der Waals surface area contributed by atoms with Gasteiger partial charge in [-0.25, -0.2) is 0 Å². The maximum absolute atomic E-state index is 6.26. The van der Waals surface area contributed by atoms with Gasteiger partial charge in [-0.05, 0) is 44.4 Å². The summed E-state index contributed by atoms with van der Waals surface area (Å²) in [7, 11) is 1.96. The second-order valence-corrected chi connectivity index (χ2v) is 5.48. The van der Waals surface area contributed by atoms with Crippen LogP contribution in [0.25, 0.3) is 0 Å². The lowest BCUT2D eigenvalue weighted by Crippen LogP contribution is -2.19. The van der Waals surface area contributed by atoms with Gasteiger partial charge in [-0.3, -0.25) is 0 Å². The van der Waals surface area contributed by atoms with Gasteiger partial charge < -0.3 is 10.1 Å². The normalized spacial score (nSPS) is 21.2. The molecule has 1 heterocycles. The van der Waals surface area contributed by atoms with E-state index in [1.54, 1.807) is 0 Å². The Bertz CT molecular complexity index is 391. The van der Waals surface area contributed by atoms with E-state index in [2.05, 4.69) is 5.32 Å². The Hall–Kier alpha value is -0.280. The summed E-state index contributed by atoms with van der Waals surface area (Å²) in [6.07, 6.45) is 4.86. The number of benzene rings is 1. The van der Waals surface area contributed by atoms with Gasteiger partial charge in [0.15, 0.2) is 0 Å². The Morgan fingerprint density at radius 2 is 2.28 bits per heavy atom. The molecule has 1 aromatic carbocycles. The summed E-state index contributed by atoms with van der Waals surface area (Å²) in [6, 6.07) is 6.03. The van der Waals surface area contributed by atoms with E-state index in [0.29, 0.717) is 16.1 Å². The van der Waals surface area contributed by atoms with Gasteiger partial charge in [0.1, 0.15) is 0 Å². The molecule has 100 valence electrons. The molecule has 0 saturated carbocycles. The van der Waals surface area contributed by atoms with Crippen molar-refractivity contribution in [2.24, 2.45) is 0 Å². The fourth-order valence-corrected chi connectivity index (χ4v) is 2.91. The zero-order chi connectivity index (χ0) is 13.0. The quantitative estimate of drug-likeness (QED) is 0.876. The molecule has 2 nitrogen and oxygen atoms in total. The molecule has 0 radical (unpaired) electrons. The van der Waals surface area contributed by atoms with Gasteiger partial charge >= 0.3 is 0 Å². The maximum atomic E-state index is 6.26. The highest BCUT2D eigenvalue weighted by Gasteiger charge is 2.19. The molecule has 0 aliphatic carbocycles. The monoisotopic (exact) mass is 287 g/mol. The van der Waals surface area contributed by atoms with E-state index in [9.17, 15) is 0 Å². The number of ether oxygens (including phenoxy) is 1. The first-order valence-corrected chi connectivity index (χ1v) is 7.20. The second-order valence-electron chi connectivity index (χ2n) is 4.70. The standard InChI is InChI=1S/C14H19Cl2NO/c1-17-13(8-7-10-4-3-9-18-10)11-5-2-6-12(15)14(11)16/h2,5-6,10,13,17H,3-4,7-9H2,1H3. The first-order chi connectivity index (χ1) is 8.72. The molecular formula is C14H19Cl2NO. The van der Waals surface area contributed by atoms with E-state index in [1.807, 2.05) is 25.2 Å². The van der Waals surface area contributed by atoms with Crippen molar-refractivity contribution in [2.45, 2.75) is 37.8 Å². The van der Waals surface area contributed by atoms with Crippen LogP contribution in [-0.4, -0.2) is 19.8 Å². The van der Waals surface area contributed by atoms with Gasteiger partial charge in [0.05, 0.1) is 16.1 Å². The molecule has 2 unspecified atom stereocenters. The number of halogens is 2. The molecule has 1 N–H and O–H groups in total. The van der Waals surface area contributed by atoms with Crippen LogP contribution in [-0.2, 0) is 4.74 Å². The molecule has 1 aliphatic heterocycles. The lowest BCUT2D eigenvalue weighted by molar-refractivity contribution is 0.0998. The molecule has 18 heavy (non-hydrogen) atoms. The predicted octanol–water partition coefficient (Wildman–Crippen LogP) is 4.21. The van der Waals surface area contributed by atoms with Gasteiger partial charge in [-0.2, -0.15) is 0 Å². The molecule has 0 spiro atoms. The first kappa shape index (κ1) is 14.1. The highest BCUT2D eigenvalue weighted by molar-refractivity contribution is 6.42. The molecule has 1 aliphatic rings. The fourth-order valence-electron chi connectivity index (χ4n) is 2.47. The number of hydrogen-bond donors (Lipinski definition) is 1. The van der Waals surface area contributed by atoms with Crippen molar-refractivity contribution in [3.8, 4) is 0 Å². The maximum Gasteiger partial charge on any atom is 0.0640 e. The summed E-state index contributed by atoms with van der Waals surface area (Å²) in [4.78, 5) is 0. The lowest BCUT2D eigenvalue weighted by atomic mass is 9.99. The largest absolute Gasteiger partial charge is 0.378 e. The molecular weight excluding hydrogens is 269 g/mol. The van der Waals surface area contributed by atoms with E-state index in [1.165, 1.54) is 12.8 Å². The van der Waals surface area contributed by atoms with Crippen molar-refractivity contribution >= 4 is 23.2 Å². The number of nitrogens with one attached hydrogen (secondary N) is 1. The number of hydrogen-bond acceptors (Lipinski definition) is 2. The highest BCUT2D eigenvalue weighted by Crippen LogP contribution is 2.32. The summed E-state index contributed by atoms with van der Waals surface area (Å²) in [5.74, 6) is 0. The van der Waals surface area contributed by atoms with Crippen LogP contribution in [0.5, 0.6) is 0 Å². The van der Waals surface area contributed by atoms with Crippen LogP contribution in [0.1, 0.15) is 37.3 Å². The Kier molecular flexibility index (Phi) is 5.31. The summed E-state index contributed by atoms with van der Waals surface area (Å²) >= 11 is 12.3. The average Bonchev–Trinajstić information content (AvgIpc) is 2.88. The minimum absolute atomic E-state index is 0.236. The molecule has 2 rings (SSSR count). The average molecular weight is 288 g/mol. The van der Waals surface area contributed by atoms with Gasteiger partial charge in [0.25, 0.3) is 0 Å². The SMILES string of the molecule is CNC(CCC1CCCO1)c1cccc(Cl)c1Cl. The zero-order valence-electron chi connectivity index (χ0n) is 10.6. The van der Waals surface area contributed by atoms with Crippen LogP contribution in [0.3, 0.4) is 0 Å². The minimum atomic E-state index is 0.236. The smallest absolute Gasteiger partial charge is 0.0640 e. The van der Waals surface area contributed by atoms with Crippen LogP contribution in [0, 0.1) is 0 Å². The third-order valence-corrected chi connectivity index (χ3v) is 4.34. The molecule has 4 heteroatoms. The third-order valence-electron chi connectivity index (χ3n) is 3.51. The van der Waals surface area contributed by atoms with Crippen molar-refractivity contribution in [3.63, 3.8) is 0 Å².